The Labute approximate surface area is 126 Å². The van der Waals surface area contributed by atoms with Gasteiger partial charge >= 0.3 is 11.9 Å². The fraction of sp³-hybridized carbons (Fsp3) is 0.529. The Hall–Kier alpha value is -1.84. The predicted molar refractivity (Wildman–Crippen MR) is 80.5 cm³/mol. The van der Waals surface area contributed by atoms with Crippen molar-refractivity contribution in [3.8, 4) is 0 Å². The second-order valence-electron chi connectivity index (χ2n) is 5.80. The highest BCUT2D eigenvalue weighted by atomic mass is 16.5. The molecule has 4 nitrogen and oxygen atoms in total. The first-order chi connectivity index (χ1) is 9.85. The minimum absolute atomic E-state index is 0.206. The zero-order chi connectivity index (χ0) is 15.9. The molecule has 1 atom stereocenters. The molecule has 0 amide bonds. The largest absolute Gasteiger partial charge is 0.462 e. The van der Waals surface area contributed by atoms with E-state index in [1.54, 1.807) is 13.8 Å². The average molecular weight is 292 g/mol. The number of carbonyl (C=O) groups excluding carboxylic acids is 2. The summed E-state index contributed by atoms with van der Waals surface area (Å²) in [5.74, 6) is -0.545. The number of ether oxygens (including phenoxy) is 2. The molecule has 1 aromatic rings. The molecule has 0 N–H and O–H groups in total. The van der Waals surface area contributed by atoms with E-state index in [4.69, 9.17) is 9.47 Å². The van der Waals surface area contributed by atoms with E-state index in [1.807, 2.05) is 44.2 Å². The van der Waals surface area contributed by atoms with Crippen molar-refractivity contribution in [1.29, 1.82) is 0 Å². The summed E-state index contributed by atoms with van der Waals surface area (Å²) < 4.78 is 10.5. The second-order valence-corrected chi connectivity index (χ2v) is 5.80. The quantitative estimate of drug-likeness (QED) is 0.722. The van der Waals surface area contributed by atoms with Crippen LogP contribution in [0.25, 0.3) is 0 Å². The van der Waals surface area contributed by atoms with Gasteiger partial charge in [0.2, 0.25) is 0 Å². The number of rotatable bonds is 7. The first-order valence-electron chi connectivity index (χ1n) is 7.24. The Morgan fingerprint density at radius 1 is 1.14 bits per heavy atom. The molecule has 0 bridgehead atoms. The SMILES string of the molecule is CCC(=O)OC(C)C(C)(C)CC(=O)OCc1ccccc1. The fourth-order valence-corrected chi connectivity index (χ4v) is 1.74. The lowest BCUT2D eigenvalue weighted by molar-refractivity contribution is -0.159. The Morgan fingerprint density at radius 2 is 1.76 bits per heavy atom. The molecular formula is C17H24O4. The van der Waals surface area contributed by atoms with Crippen molar-refractivity contribution >= 4 is 11.9 Å². The minimum Gasteiger partial charge on any atom is -0.462 e. The first-order valence-corrected chi connectivity index (χ1v) is 7.24. The maximum absolute atomic E-state index is 11.9. The van der Waals surface area contributed by atoms with Gasteiger partial charge in [0.25, 0.3) is 0 Å². The van der Waals surface area contributed by atoms with Gasteiger partial charge in [-0.3, -0.25) is 9.59 Å². The third-order valence-corrected chi connectivity index (χ3v) is 3.54. The molecule has 1 rings (SSSR count). The number of hydrogen-bond donors (Lipinski definition) is 0. The minimum atomic E-state index is -0.460. The smallest absolute Gasteiger partial charge is 0.306 e. The molecule has 0 aromatic heterocycles. The molecule has 4 heteroatoms. The highest BCUT2D eigenvalue weighted by molar-refractivity contribution is 5.71. The number of carbonyl (C=O) groups is 2. The molecule has 0 spiro atoms. The maximum atomic E-state index is 11.9. The van der Waals surface area contributed by atoms with Crippen LogP contribution in [0.15, 0.2) is 30.3 Å². The van der Waals surface area contributed by atoms with Gasteiger partial charge in [-0.1, -0.05) is 51.1 Å². The van der Waals surface area contributed by atoms with Gasteiger partial charge in [-0.25, -0.2) is 0 Å². The molecule has 0 aliphatic rings. The van der Waals surface area contributed by atoms with E-state index in [1.165, 1.54) is 0 Å². The highest BCUT2D eigenvalue weighted by Crippen LogP contribution is 2.28. The summed E-state index contributed by atoms with van der Waals surface area (Å²) in [4.78, 5) is 23.3. The second kappa shape index (κ2) is 7.81. The normalized spacial score (nSPS) is 12.6. The number of esters is 2. The van der Waals surface area contributed by atoms with Crippen LogP contribution in [-0.4, -0.2) is 18.0 Å². The van der Waals surface area contributed by atoms with Gasteiger partial charge in [0.05, 0.1) is 6.42 Å². The van der Waals surface area contributed by atoms with Crippen molar-refractivity contribution in [3.05, 3.63) is 35.9 Å². The van der Waals surface area contributed by atoms with E-state index in [-0.39, 0.29) is 31.1 Å². The Kier molecular flexibility index (Phi) is 6.40. The molecule has 0 radical (unpaired) electrons. The number of hydrogen-bond acceptors (Lipinski definition) is 4. The van der Waals surface area contributed by atoms with Crippen LogP contribution in [0, 0.1) is 5.41 Å². The molecule has 1 aromatic carbocycles. The molecule has 0 fully saturated rings. The Morgan fingerprint density at radius 3 is 2.33 bits per heavy atom. The van der Waals surface area contributed by atoms with E-state index in [9.17, 15) is 9.59 Å². The monoisotopic (exact) mass is 292 g/mol. The lowest BCUT2D eigenvalue weighted by atomic mass is 9.84. The standard InChI is InChI=1S/C17H24O4/c1-5-15(18)21-13(2)17(3,4)11-16(19)20-12-14-9-7-6-8-10-14/h6-10,13H,5,11-12H2,1-4H3. The zero-order valence-corrected chi connectivity index (χ0v) is 13.2. The third kappa shape index (κ3) is 5.98. The lowest BCUT2D eigenvalue weighted by Gasteiger charge is -2.30. The van der Waals surface area contributed by atoms with Crippen molar-refractivity contribution in [3.63, 3.8) is 0 Å². The molecule has 116 valence electrons. The van der Waals surface area contributed by atoms with Crippen molar-refractivity contribution in [1.82, 2.24) is 0 Å². The molecule has 0 aliphatic heterocycles. The Balaban J connectivity index is 2.46. The molecule has 1 unspecified atom stereocenters. The molecule has 21 heavy (non-hydrogen) atoms. The summed E-state index contributed by atoms with van der Waals surface area (Å²) in [6, 6.07) is 9.53. The molecule has 0 saturated heterocycles. The van der Waals surface area contributed by atoms with E-state index in [2.05, 4.69) is 0 Å². The van der Waals surface area contributed by atoms with E-state index < -0.39 is 5.41 Å². The van der Waals surface area contributed by atoms with Crippen molar-refractivity contribution in [2.45, 2.75) is 53.2 Å². The average Bonchev–Trinajstić information content (AvgIpc) is 2.45. The summed E-state index contributed by atoms with van der Waals surface area (Å²) in [6.45, 7) is 7.60. The van der Waals surface area contributed by atoms with E-state index >= 15 is 0 Å². The van der Waals surface area contributed by atoms with Gasteiger partial charge in [0.15, 0.2) is 0 Å². The summed E-state index contributed by atoms with van der Waals surface area (Å²) in [6.07, 6.45) is 0.200. The molecule has 0 saturated carbocycles. The highest BCUT2D eigenvalue weighted by Gasteiger charge is 2.32. The van der Waals surface area contributed by atoms with Gasteiger partial charge in [0.1, 0.15) is 12.7 Å². The maximum Gasteiger partial charge on any atom is 0.306 e. The first kappa shape index (κ1) is 17.2. The van der Waals surface area contributed by atoms with Crippen LogP contribution >= 0.6 is 0 Å². The van der Waals surface area contributed by atoms with Crippen molar-refractivity contribution in [2.75, 3.05) is 0 Å². The van der Waals surface area contributed by atoms with Crippen molar-refractivity contribution in [2.24, 2.45) is 5.41 Å². The van der Waals surface area contributed by atoms with Crippen LogP contribution < -0.4 is 0 Å². The summed E-state index contributed by atoms with van der Waals surface area (Å²) >= 11 is 0. The van der Waals surface area contributed by atoms with Crippen LogP contribution in [-0.2, 0) is 25.7 Å². The van der Waals surface area contributed by atoms with Gasteiger partial charge in [-0.05, 0) is 12.5 Å². The van der Waals surface area contributed by atoms with Crippen LogP contribution in [0.1, 0.15) is 46.1 Å². The van der Waals surface area contributed by atoms with Gasteiger partial charge in [-0.15, -0.1) is 0 Å². The van der Waals surface area contributed by atoms with Crippen LogP contribution in [0.3, 0.4) is 0 Å². The van der Waals surface area contributed by atoms with Gasteiger partial charge in [-0.2, -0.15) is 0 Å². The summed E-state index contributed by atoms with van der Waals surface area (Å²) in [5, 5.41) is 0. The van der Waals surface area contributed by atoms with Gasteiger partial charge < -0.3 is 9.47 Å². The number of benzene rings is 1. The summed E-state index contributed by atoms with van der Waals surface area (Å²) in [7, 11) is 0. The topological polar surface area (TPSA) is 52.6 Å². The predicted octanol–water partition coefficient (Wildman–Crippen LogP) is 3.49. The van der Waals surface area contributed by atoms with E-state index in [0.29, 0.717) is 6.42 Å². The van der Waals surface area contributed by atoms with E-state index in [0.717, 1.165) is 5.56 Å². The van der Waals surface area contributed by atoms with Crippen LogP contribution in [0.2, 0.25) is 0 Å². The third-order valence-electron chi connectivity index (χ3n) is 3.54. The zero-order valence-electron chi connectivity index (χ0n) is 13.2. The van der Waals surface area contributed by atoms with Crippen LogP contribution in [0.5, 0.6) is 0 Å². The molecule has 0 heterocycles. The molecule has 0 aliphatic carbocycles. The summed E-state index contributed by atoms with van der Waals surface area (Å²) in [5.41, 5.74) is 0.493. The fourth-order valence-electron chi connectivity index (χ4n) is 1.74. The molecular weight excluding hydrogens is 268 g/mol. The van der Waals surface area contributed by atoms with Gasteiger partial charge in [0, 0.05) is 11.8 Å². The van der Waals surface area contributed by atoms with Crippen LogP contribution in [0.4, 0.5) is 0 Å². The lowest BCUT2D eigenvalue weighted by Crippen LogP contribution is -2.33. The Bertz CT molecular complexity index is 465. The van der Waals surface area contributed by atoms with Crippen molar-refractivity contribution < 1.29 is 19.1 Å².